The number of rotatable bonds is 2. The average Bonchev–Trinajstić information content (AvgIpc) is 2.48. The minimum absolute atomic E-state index is 0.300. The topological polar surface area (TPSA) is 35.0 Å². The van der Waals surface area contributed by atoms with Crippen molar-refractivity contribution in [3.8, 4) is 0 Å². The normalized spacial score (nSPS) is 16.7. The standard InChI is InChI=1S/C15H15FN2O/c1-2-10-3-4-13-12(14(10)16)9-17-15(18-13)11-5-7-19-8-6-11/h2-4,9,11H,1,5-8H2. The molecule has 1 aliphatic heterocycles. The summed E-state index contributed by atoms with van der Waals surface area (Å²) in [6.45, 7) is 5.09. The lowest BCUT2D eigenvalue weighted by Crippen LogP contribution is -2.16. The third-order valence-electron chi connectivity index (χ3n) is 3.55. The summed E-state index contributed by atoms with van der Waals surface area (Å²) in [4.78, 5) is 8.82. The second-order valence-electron chi connectivity index (χ2n) is 4.72. The molecule has 19 heavy (non-hydrogen) atoms. The number of benzene rings is 1. The Labute approximate surface area is 111 Å². The maximum Gasteiger partial charge on any atom is 0.141 e. The molecule has 2 aromatic rings. The molecule has 0 amide bonds. The summed E-state index contributed by atoms with van der Waals surface area (Å²) in [6.07, 6.45) is 4.94. The minimum atomic E-state index is -0.300. The van der Waals surface area contributed by atoms with Gasteiger partial charge in [0.1, 0.15) is 11.6 Å². The van der Waals surface area contributed by atoms with Crippen LogP contribution in [0.25, 0.3) is 17.0 Å². The predicted octanol–water partition coefficient (Wildman–Crippen LogP) is 3.31. The first-order valence-corrected chi connectivity index (χ1v) is 6.45. The van der Waals surface area contributed by atoms with Gasteiger partial charge in [0.2, 0.25) is 0 Å². The van der Waals surface area contributed by atoms with Gasteiger partial charge in [-0.3, -0.25) is 0 Å². The van der Waals surface area contributed by atoms with Gasteiger partial charge in [0.25, 0.3) is 0 Å². The van der Waals surface area contributed by atoms with Gasteiger partial charge < -0.3 is 4.74 Å². The minimum Gasteiger partial charge on any atom is -0.381 e. The number of ether oxygens (including phenoxy) is 1. The van der Waals surface area contributed by atoms with Gasteiger partial charge in [-0.2, -0.15) is 0 Å². The van der Waals surface area contributed by atoms with Gasteiger partial charge >= 0.3 is 0 Å². The van der Waals surface area contributed by atoms with Crippen LogP contribution in [0.3, 0.4) is 0 Å². The van der Waals surface area contributed by atoms with Crippen LogP contribution < -0.4 is 0 Å². The monoisotopic (exact) mass is 258 g/mol. The number of aromatic nitrogens is 2. The highest BCUT2D eigenvalue weighted by Crippen LogP contribution is 2.26. The molecule has 0 radical (unpaired) electrons. The van der Waals surface area contributed by atoms with Crippen molar-refractivity contribution in [3.05, 3.63) is 42.1 Å². The third kappa shape index (κ3) is 2.24. The van der Waals surface area contributed by atoms with Crippen molar-refractivity contribution in [2.24, 2.45) is 0 Å². The van der Waals surface area contributed by atoms with E-state index in [1.54, 1.807) is 12.3 Å². The highest BCUT2D eigenvalue weighted by Gasteiger charge is 2.19. The van der Waals surface area contributed by atoms with Crippen LogP contribution in [0.5, 0.6) is 0 Å². The molecule has 1 aliphatic rings. The van der Waals surface area contributed by atoms with Crippen LogP contribution in [0.2, 0.25) is 0 Å². The summed E-state index contributed by atoms with van der Waals surface area (Å²) in [7, 11) is 0. The van der Waals surface area contributed by atoms with Gasteiger partial charge in [-0.05, 0) is 25.0 Å². The van der Waals surface area contributed by atoms with Crippen molar-refractivity contribution in [1.29, 1.82) is 0 Å². The van der Waals surface area contributed by atoms with Crippen molar-refractivity contribution in [3.63, 3.8) is 0 Å². The van der Waals surface area contributed by atoms with Crippen LogP contribution in [-0.4, -0.2) is 23.2 Å². The first kappa shape index (κ1) is 12.2. The van der Waals surface area contributed by atoms with Crippen molar-refractivity contribution >= 4 is 17.0 Å². The van der Waals surface area contributed by atoms with Gasteiger partial charge in [-0.15, -0.1) is 0 Å². The lowest BCUT2D eigenvalue weighted by atomic mass is 9.99. The van der Waals surface area contributed by atoms with E-state index in [9.17, 15) is 4.39 Å². The van der Waals surface area contributed by atoms with Crippen LogP contribution in [0.1, 0.15) is 30.1 Å². The summed E-state index contributed by atoms with van der Waals surface area (Å²) in [5.74, 6) is 0.813. The molecule has 0 atom stereocenters. The van der Waals surface area contributed by atoms with Crippen molar-refractivity contribution in [2.75, 3.05) is 13.2 Å². The second kappa shape index (κ2) is 5.05. The molecule has 2 heterocycles. The molecule has 4 heteroatoms. The quantitative estimate of drug-likeness (QED) is 0.829. The van der Waals surface area contributed by atoms with E-state index in [1.165, 1.54) is 6.08 Å². The molecular formula is C15H15FN2O. The summed E-state index contributed by atoms with van der Waals surface area (Å²) in [5, 5.41) is 0.452. The first-order valence-electron chi connectivity index (χ1n) is 6.45. The fourth-order valence-electron chi connectivity index (χ4n) is 2.41. The molecule has 1 fully saturated rings. The van der Waals surface area contributed by atoms with E-state index < -0.39 is 0 Å². The van der Waals surface area contributed by atoms with Crippen molar-refractivity contribution in [2.45, 2.75) is 18.8 Å². The van der Waals surface area contributed by atoms with E-state index in [-0.39, 0.29) is 5.82 Å². The predicted molar refractivity (Wildman–Crippen MR) is 72.4 cm³/mol. The Kier molecular flexibility index (Phi) is 3.25. The number of nitrogens with zero attached hydrogens (tertiary/aromatic N) is 2. The Morgan fingerprint density at radius 2 is 2.11 bits per heavy atom. The summed E-state index contributed by atoms with van der Waals surface area (Å²) in [5.41, 5.74) is 1.13. The van der Waals surface area contributed by atoms with Gasteiger partial charge in [-0.25, -0.2) is 14.4 Å². The Bertz CT molecular complexity index is 621. The molecule has 1 aromatic carbocycles. The molecule has 0 saturated carbocycles. The Balaban J connectivity index is 2.04. The molecule has 0 spiro atoms. The smallest absolute Gasteiger partial charge is 0.141 e. The van der Waals surface area contributed by atoms with Crippen LogP contribution in [0, 0.1) is 5.82 Å². The van der Waals surface area contributed by atoms with E-state index >= 15 is 0 Å². The Hall–Kier alpha value is -1.81. The van der Waals surface area contributed by atoms with Crippen molar-refractivity contribution < 1.29 is 9.13 Å². The van der Waals surface area contributed by atoms with Crippen molar-refractivity contribution in [1.82, 2.24) is 9.97 Å². The highest BCUT2D eigenvalue weighted by molar-refractivity contribution is 5.81. The lowest BCUT2D eigenvalue weighted by Gasteiger charge is -2.20. The summed E-state index contributed by atoms with van der Waals surface area (Å²) >= 11 is 0. The van der Waals surface area contributed by atoms with E-state index in [1.807, 2.05) is 6.07 Å². The van der Waals surface area contributed by atoms with Gasteiger partial charge in [-0.1, -0.05) is 12.7 Å². The molecule has 1 aromatic heterocycles. The van der Waals surface area contributed by atoms with E-state index in [0.29, 0.717) is 22.4 Å². The fraction of sp³-hybridized carbons (Fsp3) is 0.333. The third-order valence-corrected chi connectivity index (χ3v) is 3.55. The molecule has 3 rings (SSSR count). The number of fused-ring (bicyclic) bond motifs is 1. The molecule has 0 N–H and O–H groups in total. The zero-order chi connectivity index (χ0) is 13.2. The molecular weight excluding hydrogens is 243 g/mol. The van der Waals surface area contributed by atoms with Crippen LogP contribution in [0.4, 0.5) is 4.39 Å². The van der Waals surface area contributed by atoms with Gasteiger partial charge in [0.15, 0.2) is 0 Å². The molecule has 0 bridgehead atoms. The molecule has 3 nitrogen and oxygen atoms in total. The van der Waals surface area contributed by atoms with Gasteiger partial charge in [0, 0.05) is 30.9 Å². The fourth-order valence-corrected chi connectivity index (χ4v) is 2.41. The second-order valence-corrected chi connectivity index (χ2v) is 4.72. The average molecular weight is 258 g/mol. The highest BCUT2D eigenvalue weighted by atomic mass is 19.1. The zero-order valence-electron chi connectivity index (χ0n) is 10.6. The lowest BCUT2D eigenvalue weighted by molar-refractivity contribution is 0.0836. The molecule has 0 aliphatic carbocycles. The van der Waals surface area contributed by atoms with Crippen LogP contribution in [0.15, 0.2) is 24.9 Å². The molecule has 1 saturated heterocycles. The summed E-state index contributed by atoms with van der Waals surface area (Å²) in [6, 6.07) is 3.52. The van der Waals surface area contributed by atoms with Gasteiger partial charge in [0.05, 0.1) is 10.9 Å². The first-order chi connectivity index (χ1) is 9.29. The zero-order valence-corrected chi connectivity index (χ0v) is 10.6. The van der Waals surface area contributed by atoms with E-state index in [2.05, 4.69) is 16.5 Å². The SMILES string of the molecule is C=Cc1ccc2nc(C3CCOCC3)ncc2c1F. The Morgan fingerprint density at radius 1 is 1.32 bits per heavy atom. The van der Waals surface area contributed by atoms with Crippen LogP contribution in [-0.2, 0) is 4.74 Å². The molecule has 0 unspecified atom stereocenters. The van der Waals surface area contributed by atoms with E-state index in [4.69, 9.17) is 4.74 Å². The van der Waals surface area contributed by atoms with E-state index in [0.717, 1.165) is 31.9 Å². The number of halogens is 1. The molecule has 98 valence electrons. The maximum absolute atomic E-state index is 14.1. The number of hydrogen-bond acceptors (Lipinski definition) is 3. The number of hydrogen-bond donors (Lipinski definition) is 0. The summed E-state index contributed by atoms with van der Waals surface area (Å²) < 4.78 is 19.4. The Morgan fingerprint density at radius 3 is 2.84 bits per heavy atom. The maximum atomic E-state index is 14.1. The largest absolute Gasteiger partial charge is 0.381 e. The van der Waals surface area contributed by atoms with Crippen LogP contribution >= 0.6 is 0 Å².